The molecule has 48 heavy (non-hydrogen) atoms. The molecule has 1 aliphatic heterocycles. The molecule has 0 aromatic heterocycles. The van der Waals surface area contributed by atoms with E-state index in [1.165, 1.54) is 29.2 Å². The lowest BCUT2D eigenvalue weighted by atomic mass is 9.84. The number of amides is 5. The lowest BCUT2D eigenvalue weighted by molar-refractivity contribution is -0.144. The van der Waals surface area contributed by atoms with E-state index in [4.69, 9.17) is 5.73 Å². The van der Waals surface area contributed by atoms with Gasteiger partial charge in [0.05, 0.1) is 10.9 Å². The molecule has 0 spiro atoms. The Bertz CT molecular complexity index is 1560. The molecule has 0 bridgehead atoms. The fourth-order valence-electron chi connectivity index (χ4n) is 7.00. The number of sulfonamides is 1. The lowest BCUT2D eigenvalue weighted by Crippen LogP contribution is -2.61. The third-order valence-electron chi connectivity index (χ3n) is 10.1. The number of benzene rings is 1. The lowest BCUT2D eigenvalue weighted by Gasteiger charge is -2.38. The van der Waals surface area contributed by atoms with Crippen LogP contribution in [0.5, 0.6) is 0 Å². The Morgan fingerprint density at radius 1 is 1.00 bits per heavy atom. The minimum absolute atomic E-state index is 0.0409. The SMILES string of the molecule is CC(C)[C@H](NC(=O)N[C@H](C(=O)N1C[C@H]2[C@@H]([C@H]1C(=O)CC(CC1CC1)C(=O)C(N)=O)C2(C)C)C(C)(C)C)C(=O)NS(=O)(=O)c1ccccc1. The van der Waals surface area contributed by atoms with Crippen LogP contribution in [0.3, 0.4) is 0 Å². The molecule has 3 fully saturated rings. The Balaban J connectivity index is 1.51. The van der Waals surface area contributed by atoms with E-state index in [-0.39, 0.29) is 46.8 Å². The van der Waals surface area contributed by atoms with Gasteiger partial charge in [-0.05, 0) is 53.1 Å². The predicted molar refractivity (Wildman–Crippen MR) is 176 cm³/mol. The van der Waals surface area contributed by atoms with Gasteiger partial charge >= 0.3 is 6.03 Å². The molecule has 1 heterocycles. The standard InChI is InChI=1S/C34H49N5O8S/c1-18(2)25(30(43)38-48(46,47)21-11-9-8-10-12-21)36-32(45)37-28(33(3,4)5)31(44)39-17-22-24(34(22,6)7)26(39)23(40)16-20(15-19-13-14-19)27(41)29(35)42/h8-12,18-20,22,24-26,28H,13-17H2,1-7H3,(H2,35,42)(H,38,43)(H2,36,37,45)/t20?,22-,24-,25-,26+,28+/m0/s1. The van der Waals surface area contributed by atoms with Crippen LogP contribution in [0, 0.1) is 40.4 Å². The summed E-state index contributed by atoms with van der Waals surface area (Å²) in [6.07, 6.45) is 2.05. The third kappa shape index (κ3) is 8.07. The zero-order valence-corrected chi connectivity index (χ0v) is 29.6. The average Bonchev–Trinajstić information content (AvgIpc) is 3.84. The second-order valence-corrected chi connectivity index (χ2v) is 17.3. The van der Waals surface area contributed by atoms with Crippen LogP contribution >= 0.6 is 0 Å². The predicted octanol–water partition coefficient (Wildman–Crippen LogP) is 2.14. The summed E-state index contributed by atoms with van der Waals surface area (Å²) in [5.41, 5.74) is 4.26. The van der Waals surface area contributed by atoms with Gasteiger partial charge in [0.25, 0.3) is 21.8 Å². The van der Waals surface area contributed by atoms with Gasteiger partial charge in [-0.15, -0.1) is 0 Å². The Morgan fingerprint density at radius 2 is 1.60 bits per heavy atom. The number of piperidine rings is 1. The van der Waals surface area contributed by atoms with Crippen molar-refractivity contribution in [2.45, 2.75) is 97.2 Å². The third-order valence-corrected chi connectivity index (χ3v) is 11.5. The molecule has 5 amide bonds. The van der Waals surface area contributed by atoms with Gasteiger partial charge in [-0.2, -0.15) is 0 Å². The van der Waals surface area contributed by atoms with Gasteiger partial charge in [0.1, 0.15) is 12.1 Å². The smallest absolute Gasteiger partial charge is 0.316 e. The molecular formula is C34H49N5O8S. The monoisotopic (exact) mass is 687 g/mol. The van der Waals surface area contributed by atoms with Gasteiger partial charge in [0.15, 0.2) is 5.78 Å². The van der Waals surface area contributed by atoms with Gasteiger partial charge in [0.2, 0.25) is 11.7 Å². The topological polar surface area (TPSA) is 202 Å². The summed E-state index contributed by atoms with van der Waals surface area (Å²) in [7, 11) is -4.20. The van der Waals surface area contributed by atoms with Crippen molar-refractivity contribution in [1.82, 2.24) is 20.3 Å². The van der Waals surface area contributed by atoms with E-state index in [0.717, 1.165) is 12.8 Å². The summed E-state index contributed by atoms with van der Waals surface area (Å²) in [5.74, 6) is -4.79. The molecular weight excluding hydrogens is 638 g/mol. The van der Waals surface area contributed by atoms with Crippen LogP contribution in [0.1, 0.15) is 74.1 Å². The maximum Gasteiger partial charge on any atom is 0.316 e. The van der Waals surface area contributed by atoms with Crippen molar-refractivity contribution >= 4 is 45.3 Å². The number of hydrogen-bond acceptors (Lipinski definition) is 8. The fourth-order valence-corrected chi connectivity index (χ4v) is 8.03. The fraction of sp³-hybridized carbons (Fsp3) is 0.647. The van der Waals surface area contributed by atoms with Crippen LogP contribution in [0.4, 0.5) is 4.79 Å². The van der Waals surface area contributed by atoms with Crippen LogP contribution in [0.25, 0.3) is 0 Å². The van der Waals surface area contributed by atoms with Crippen LogP contribution in [-0.2, 0) is 34.0 Å². The van der Waals surface area contributed by atoms with E-state index in [1.807, 2.05) is 18.6 Å². The Hall–Kier alpha value is -3.81. The number of carbonyl (C=O) groups excluding carboxylic acids is 6. The summed E-state index contributed by atoms with van der Waals surface area (Å²) in [5, 5.41) is 5.22. The summed E-state index contributed by atoms with van der Waals surface area (Å²) in [4.78, 5) is 80.5. The molecule has 14 heteroatoms. The number of hydrogen-bond donors (Lipinski definition) is 4. The Kier molecular flexibility index (Phi) is 10.5. The van der Waals surface area contributed by atoms with Crippen molar-refractivity contribution in [3.8, 4) is 0 Å². The highest BCUT2D eigenvalue weighted by Gasteiger charge is 2.69. The summed E-state index contributed by atoms with van der Waals surface area (Å²) in [6, 6.07) is 3.25. The van der Waals surface area contributed by atoms with E-state index in [1.54, 1.807) is 40.7 Å². The number of nitrogens with one attached hydrogen (secondary N) is 3. The summed E-state index contributed by atoms with van der Waals surface area (Å²) in [6.45, 7) is 12.9. The van der Waals surface area contributed by atoms with Crippen LogP contribution in [-0.4, -0.2) is 73.3 Å². The van der Waals surface area contributed by atoms with Gasteiger partial charge in [0, 0.05) is 18.9 Å². The molecule has 2 saturated carbocycles. The number of ketones is 2. The number of rotatable bonds is 14. The Morgan fingerprint density at radius 3 is 2.12 bits per heavy atom. The normalized spacial score (nSPS) is 23.3. The summed E-state index contributed by atoms with van der Waals surface area (Å²) >= 11 is 0. The van der Waals surface area contributed by atoms with E-state index in [0.29, 0.717) is 6.42 Å². The maximum absolute atomic E-state index is 14.3. The summed E-state index contributed by atoms with van der Waals surface area (Å²) < 4.78 is 27.6. The minimum Gasteiger partial charge on any atom is -0.363 e. The number of nitrogens with zero attached hydrogens (tertiary/aromatic N) is 1. The number of fused-ring (bicyclic) bond motifs is 1. The highest BCUT2D eigenvalue weighted by atomic mass is 32.2. The highest BCUT2D eigenvalue weighted by molar-refractivity contribution is 7.90. The van der Waals surface area contributed by atoms with E-state index >= 15 is 0 Å². The van der Waals surface area contributed by atoms with Crippen LogP contribution < -0.4 is 21.1 Å². The first-order valence-electron chi connectivity index (χ1n) is 16.5. The molecule has 6 atom stereocenters. The quantitative estimate of drug-likeness (QED) is 0.213. The molecule has 2 aliphatic carbocycles. The minimum atomic E-state index is -4.20. The second kappa shape index (κ2) is 13.6. The number of urea groups is 1. The molecule has 13 nitrogen and oxygen atoms in total. The molecule has 1 aromatic rings. The zero-order valence-electron chi connectivity index (χ0n) is 28.7. The number of primary amides is 1. The van der Waals surface area contributed by atoms with Crippen molar-refractivity contribution in [3.63, 3.8) is 0 Å². The van der Waals surface area contributed by atoms with Crippen LogP contribution in [0.2, 0.25) is 0 Å². The number of carbonyl (C=O) groups is 6. The molecule has 4 rings (SSSR count). The van der Waals surface area contributed by atoms with E-state index < -0.39 is 74.9 Å². The maximum atomic E-state index is 14.3. The number of Topliss-reactive ketones (excluding diaryl/α,β-unsaturated/α-hetero) is 2. The molecule has 264 valence electrons. The van der Waals surface area contributed by atoms with Gasteiger partial charge in [-0.25, -0.2) is 17.9 Å². The zero-order chi connectivity index (χ0) is 35.9. The molecule has 1 saturated heterocycles. The molecule has 1 unspecified atom stereocenters. The largest absolute Gasteiger partial charge is 0.363 e. The van der Waals surface area contributed by atoms with Crippen molar-refractivity contribution in [1.29, 1.82) is 0 Å². The molecule has 3 aliphatic rings. The van der Waals surface area contributed by atoms with Gasteiger partial charge in [-0.3, -0.25) is 24.0 Å². The molecule has 5 N–H and O–H groups in total. The average molecular weight is 688 g/mol. The highest BCUT2D eigenvalue weighted by Crippen LogP contribution is 2.65. The second-order valence-electron chi connectivity index (χ2n) is 15.6. The number of likely N-dealkylation sites (tertiary alicyclic amines) is 1. The van der Waals surface area contributed by atoms with E-state index in [2.05, 4.69) is 10.6 Å². The van der Waals surface area contributed by atoms with Crippen molar-refractivity contribution in [2.75, 3.05) is 6.54 Å². The van der Waals surface area contributed by atoms with Gasteiger partial charge in [-0.1, -0.05) is 79.5 Å². The Labute approximate surface area is 282 Å². The molecule has 1 aromatic carbocycles. The first kappa shape index (κ1) is 37.0. The van der Waals surface area contributed by atoms with Crippen molar-refractivity contribution in [2.24, 2.45) is 46.2 Å². The van der Waals surface area contributed by atoms with Gasteiger partial charge < -0.3 is 21.3 Å². The number of nitrogens with two attached hydrogens (primary N) is 1. The molecule has 0 radical (unpaired) electrons. The van der Waals surface area contributed by atoms with E-state index in [9.17, 15) is 37.2 Å². The van der Waals surface area contributed by atoms with Crippen molar-refractivity contribution < 1.29 is 37.2 Å². The first-order chi connectivity index (χ1) is 22.2. The first-order valence-corrected chi connectivity index (χ1v) is 18.0. The van der Waals surface area contributed by atoms with Crippen molar-refractivity contribution in [3.05, 3.63) is 30.3 Å². The van der Waals surface area contributed by atoms with Crippen LogP contribution in [0.15, 0.2) is 35.2 Å².